The second-order valence-electron chi connectivity index (χ2n) is 5.94. The van der Waals surface area contributed by atoms with Crippen LogP contribution < -0.4 is 10.1 Å². The Morgan fingerprint density at radius 3 is 2.15 bits per heavy atom. The first-order valence-corrected chi connectivity index (χ1v) is 9.04. The van der Waals surface area contributed by atoms with Gasteiger partial charge in [0.2, 0.25) is 0 Å². The predicted molar refractivity (Wildman–Crippen MR) is 106 cm³/mol. The zero-order chi connectivity index (χ0) is 19.2. The van der Waals surface area contributed by atoms with Crippen molar-refractivity contribution in [1.82, 2.24) is 15.3 Å². The normalized spacial score (nSPS) is 11.7. The van der Waals surface area contributed by atoms with Gasteiger partial charge in [-0.3, -0.25) is 4.79 Å². The second kappa shape index (κ2) is 8.84. The maximum Gasteiger partial charge on any atom is 0.254 e. The molecule has 0 aliphatic heterocycles. The molecule has 0 aliphatic rings. The van der Waals surface area contributed by atoms with Gasteiger partial charge < -0.3 is 10.1 Å². The summed E-state index contributed by atoms with van der Waals surface area (Å²) < 4.78 is 5.63. The molecule has 0 saturated heterocycles. The maximum absolute atomic E-state index is 12.3. The summed E-state index contributed by atoms with van der Waals surface area (Å²) in [7, 11) is 0. The van der Waals surface area contributed by atoms with E-state index in [1.54, 1.807) is 36.4 Å². The number of hydrogen-bond donors (Lipinski definition) is 1. The standard InChI is InChI=1S/C20H17Cl2N3O2/c1-13(12-27-18-8-6-17(22)7-9-18)25-20(26)15-10-23-19(24-11-15)14-2-4-16(21)5-3-14/h2-11,13H,12H2,1H3,(H,25,26)/t13-/m1/s1. The van der Waals surface area contributed by atoms with E-state index in [1.165, 1.54) is 12.4 Å². The summed E-state index contributed by atoms with van der Waals surface area (Å²) in [5.41, 5.74) is 1.21. The van der Waals surface area contributed by atoms with Gasteiger partial charge in [0.15, 0.2) is 5.82 Å². The zero-order valence-corrected chi connectivity index (χ0v) is 16.0. The Balaban J connectivity index is 1.55. The molecule has 7 heteroatoms. The number of nitrogens with zero attached hydrogens (tertiary/aromatic N) is 2. The average Bonchev–Trinajstić information content (AvgIpc) is 2.68. The number of ether oxygens (including phenoxy) is 1. The Hall–Kier alpha value is -2.63. The smallest absolute Gasteiger partial charge is 0.254 e. The van der Waals surface area contributed by atoms with Crippen molar-refractivity contribution in [3.05, 3.63) is 76.5 Å². The molecule has 5 nitrogen and oxygen atoms in total. The lowest BCUT2D eigenvalue weighted by molar-refractivity contribution is 0.0926. The van der Waals surface area contributed by atoms with Crippen molar-refractivity contribution in [3.63, 3.8) is 0 Å². The Morgan fingerprint density at radius 2 is 1.56 bits per heavy atom. The molecule has 1 amide bonds. The van der Waals surface area contributed by atoms with Gasteiger partial charge in [-0.15, -0.1) is 0 Å². The summed E-state index contributed by atoms with van der Waals surface area (Å²) in [5.74, 6) is 0.961. The summed E-state index contributed by atoms with van der Waals surface area (Å²) in [5, 5.41) is 4.14. The van der Waals surface area contributed by atoms with Gasteiger partial charge in [-0.25, -0.2) is 9.97 Å². The third kappa shape index (κ3) is 5.42. The van der Waals surface area contributed by atoms with Gasteiger partial charge in [0, 0.05) is 28.0 Å². The van der Waals surface area contributed by atoms with E-state index < -0.39 is 0 Å². The van der Waals surface area contributed by atoms with E-state index in [1.807, 2.05) is 19.1 Å². The van der Waals surface area contributed by atoms with Gasteiger partial charge >= 0.3 is 0 Å². The fourth-order valence-electron chi connectivity index (χ4n) is 2.29. The van der Waals surface area contributed by atoms with E-state index in [-0.39, 0.29) is 11.9 Å². The van der Waals surface area contributed by atoms with Crippen molar-refractivity contribution in [2.24, 2.45) is 0 Å². The van der Waals surface area contributed by atoms with Crippen molar-refractivity contribution in [2.75, 3.05) is 6.61 Å². The Morgan fingerprint density at radius 1 is 1.00 bits per heavy atom. The van der Waals surface area contributed by atoms with Crippen LogP contribution >= 0.6 is 23.2 Å². The van der Waals surface area contributed by atoms with E-state index in [9.17, 15) is 4.79 Å². The van der Waals surface area contributed by atoms with Gasteiger partial charge in [0.25, 0.3) is 5.91 Å². The molecule has 0 bridgehead atoms. The van der Waals surface area contributed by atoms with Crippen LogP contribution in [0.25, 0.3) is 11.4 Å². The number of hydrogen-bond acceptors (Lipinski definition) is 4. The van der Waals surface area contributed by atoms with E-state index in [4.69, 9.17) is 27.9 Å². The quantitative estimate of drug-likeness (QED) is 0.652. The molecule has 1 atom stereocenters. The summed E-state index contributed by atoms with van der Waals surface area (Å²) in [6.07, 6.45) is 3.00. The molecule has 138 valence electrons. The fraction of sp³-hybridized carbons (Fsp3) is 0.150. The highest BCUT2D eigenvalue weighted by Crippen LogP contribution is 2.18. The highest BCUT2D eigenvalue weighted by molar-refractivity contribution is 6.30. The molecule has 3 aromatic rings. The molecule has 0 fully saturated rings. The first-order chi connectivity index (χ1) is 13.0. The van der Waals surface area contributed by atoms with Crippen LogP contribution in [0.4, 0.5) is 0 Å². The summed E-state index contributed by atoms with van der Waals surface area (Å²) in [6, 6.07) is 14.1. The van der Waals surface area contributed by atoms with Crippen molar-refractivity contribution >= 4 is 29.1 Å². The predicted octanol–water partition coefficient (Wildman–Crippen LogP) is 4.65. The lowest BCUT2D eigenvalue weighted by Gasteiger charge is -2.15. The molecule has 1 aromatic heterocycles. The number of carbonyl (C=O) groups excluding carboxylic acids is 1. The Labute approximate surface area is 167 Å². The number of nitrogens with one attached hydrogen (secondary N) is 1. The molecule has 0 unspecified atom stereocenters. The monoisotopic (exact) mass is 401 g/mol. The van der Waals surface area contributed by atoms with E-state index in [0.717, 1.165) is 5.56 Å². The van der Waals surface area contributed by atoms with Crippen molar-refractivity contribution in [1.29, 1.82) is 0 Å². The van der Waals surface area contributed by atoms with Crippen LogP contribution in [-0.2, 0) is 0 Å². The molecule has 3 rings (SSSR count). The largest absolute Gasteiger partial charge is 0.491 e. The van der Waals surface area contributed by atoms with Crippen LogP contribution in [-0.4, -0.2) is 28.5 Å². The minimum absolute atomic E-state index is 0.191. The SMILES string of the molecule is C[C@H](COc1ccc(Cl)cc1)NC(=O)c1cnc(-c2ccc(Cl)cc2)nc1. The molecular formula is C20H17Cl2N3O2. The van der Waals surface area contributed by atoms with E-state index in [2.05, 4.69) is 15.3 Å². The summed E-state index contributed by atoms with van der Waals surface area (Å²) in [4.78, 5) is 20.8. The minimum atomic E-state index is -0.259. The van der Waals surface area contributed by atoms with Gasteiger partial charge in [-0.2, -0.15) is 0 Å². The van der Waals surface area contributed by atoms with Crippen LogP contribution in [0.2, 0.25) is 10.0 Å². The highest BCUT2D eigenvalue weighted by atomic mass is 35.5. The first-order valence-electron chi connectivity index (χ1n) is 8.28. The van der Waals surface area contributed by atoms with Gasteiger partial charge in [0.1, 0.15) is 12.4 Å². The van der Waals surface area contributed by atoms with Crippen LogP contribution in [0, 0.1) is 0 Å². The van der Waals surface area contributed by atoms with Crippen LogP contribution in [0.5, 0.6) is 5.75 Å². The minimum Gasteiger partial charge on any atom is -0.491 e. The number of amides is 1. The molecular weight excluding hydrogens is 385 g/mol. The van der Waals surface area contributed by atoms with E-state index >= 15 is 0 Å². The van der Waals surface area contributed by atoms with Crippen LogP contribution in [0.3, 0.4) is 0 Å². The zero-order valence-electron chi connectivity index (χ0n) is 14.5. The molecule has 1 heterocycles. The lowest BCUT2D eigenvalue weighted by atomic mass is 10.2. The molecule has 1 N–H and O–H groups in total. The second-order valence-corrected chi connectivity index (χ2v) is 6.81. The summed E-state index contributed by atoms with van der Waals surface area (Å²) in [6.45, 7) is 2.19. The van der Waals surface area contributed by atoms with Crippen LogP contribution in [0.1, 0.15) is 17.3 Å². The number of benzene rings is 2. The molecule has 0 saturated carbocycles. The molecule has 0 aliphatic carbocycles. The fourth-order valence-corrected chi connectivity index (χ4v) is 2.55. The topological polar surface area (TPSA) is 64.1 Å². The van der Waals surface area contributed by atoms with Gasteiger partial charge in [-0.05, 0) is 55.5 Å². The van der Waals surface area contributed by atoms with Crippen LogP contribution in [0.15, 0.2) is 60.9 Å². The third-order valence-electron chi connectivity index (χ3n) is 3.71. The Bertz CT molecular complexity index is 898. The number of aromatic nitrogens is 2. The number of rotatable bonds is 6. The third-order valence-corrected chi connectivity index (χ3v) is 4.21. The first kappa shape index (κ1) is 19.1. The summed E-state index contributed by atoms with van der Waals surface area (Å²) >= 11 is 11.7. The van der Waals surface area contributed by atoms with Crippen molar-refractivity contribution < 1.29 is 9.53 Å². The molecule has 2 aromatic carbocycles. The Kier molecular flexibility index (Phi) is 6.27. The van der Waals surface area contributed by atoms with Gasteiger partial charge in [0.05, 0.1) is 11.6 Å². The van der Waals surface area contributed by atoms with Crippen molar-refractivity contribution in [3.8, 4) is 17.1 Å². The van der Waals surface area contributed by atoms with E-state index in [0.29, 0.717) is 33.8 Å². The maximum atomic E-state index is 12.3. The van der Waals surface area contributed by atoms with Gasteiger partial charge in [-0.1, -0.05) is 23.2 Å². The number of halogens is 2. The molecule has 0 spiro atoms. The average molecular weight is 402 g/mol. The van der Waals surface area contributed by atoms with Crippen molar-refractivity contribution in [2.45, 2.75) is 13.0 Å². The molecule has 0 radical (unpaired) electrons. The molecule has 27 heavy (non-hydrogen) atoms. The number of carbonyl (C=O) groups is 1. The highest BCUT2D eigenvalue weighted by Gasteiger charge is 2.12. The lowest BCUT2D eigenvalue weighted by Crippen LogP contribution is -2.36.